The van der Waals surface area contributed by atoms with Gasteiger partial charge >= 0.3 is 0 Å². The Morgan fingerprint density at radius 2 is 1.41 bits per heavy atom. The van der Waals surface area contributed by atoms with Gasteiger partial charge in [0, 0.05) is 42.5 Å². The number of hydrogen-bond donors (Lipinski definition) is 2. The van der Waals surface area contributed by atoms with Gasteiger partial charge in [-0.3, -0.25) is 4.79 Å². The van der Waals surface area contributed by atoms with Gasteiger partial charge in [-0.2, -0.15) is 0 Å². The lowest BCUT2D eigenvalue weighted by Crippen LogP contribution is -2.19. The molecule has 9 radical (unpaired) electrons. The number of rotatable bonds is 2. The molecule has 32 heavy (non-hydrogen) atoms. The second-order valence-electron chi connectivity index (χ2n) is 9.12. The molecule has 3 unspecified atom stereocenters. The van der Waals surface area contributed by atoms with Gasteiger partial charge < -0.3 is 10.2 Å². The predicted molar refractivity (Wildman–Crippen MR) is 133 cm³/mol. The highest BCUT2D eigenvalue weighted by Gasteiger charge is 2.35. The van der Waals surface area contributed by atoms with Gasteiger partial charge in [-0.1, -0.05) is 66.8 Å². The van der Waals surface area contributed by atoms with E-state index in [1.807, 2.05) is 12.2 Å². The molecule has 0 fully saturated rings. The third-order valence-corrected chi connectivity index (χ3v) is 6.77. The fourth-order valence-electron chi connectivity index (χ4n) is 4.60. The van der Waals surface area contributed by atoms with Crippen molar-refractivity contribution in [1.29, 1.82) is 0 Å². The van der Waals surface area contributed by atoms with Crippen molar-refractivity contribution in [2.24, 2.45) is 16.2 Å². The average Bonchev–Trinajstić information content (AvgIpc) is 3.37. The van der Waals surface area contributed by atoms with Gasteiger partial charge in [0.25, 0.3) is 0 Å². The van der Waals surface area contributed by atoms with Crippen LogP contribution in [0.5, 0.6) is 0 Å². The maximum absolute atomic E-state index is 10.7. The fourth-order valence-corrected chi connectivity index (χ4v) is 4.60. The SMILES string of the molecule is O=C1C=CC2(C=CC2)C1.OCC1=CC2(C=CC2)C=C1.OCC1=CCC2(C=CC2)C1.[B].[B].[B]. The van der Waals surface area contributed by atoms with Crippen LogP contribution < -0.4 is 0 Å². The molecule has 3 atom stereocenters. The average molecular weight is 423 g/mol. The molecule has 0 aromatic rings. The van der Waals surface area contributed by atoms with Crippen molar-refractivity contribution in [2.45, 2.75) is 38.5 Å². The Morgan fingerprint density at radius 3 is 1.66 bits per heavy atom. The summed E-state index contributed by atoms with van der Waals surface area (Å²) in [5, 5.41) is 17.6. The summed E-state index contributed by atoms with van der Waals surface area (Å²) in [6.45, 7) is 0.432. The minimum Gasteiger partial charge on any atom is -0.392 e. The Morgan fingerprint density at radius 1 is 0.750 bits per heavy atom. The highest BCUT2D eigenvalue weighted by atomic mass is 16.3. The van der Waals surface area contributed by atoms with Crippen LogP contribution in [0.15, 0.2) is 84.1 Å². The van der Waals surface area contributed by atoms with E-state index in [1.54, 1.807) is 6.08 Å². The molecule has 3 spiro atoms. The van der Waals surface area contributed by atoms with Crippen molar-refractivity contribution in [3.05, 3.63) is 84.1 Å². The molecule has 0 heterocycles. The first-order valence-electron chi connectivity index (χ1n) is 10.6. The molecule has 0 saturated heterocycles. The number of ketones is 1. The maximum atomic E-state index is 10.7. The summed E-state index contributed by atoms with van der Waals surface area (Å²) in [5.74, 6) is 0.277. The Hall–Kier alpha value is -2.04. The quantitative estimate of drug-likeness (QED) is 0.529. The molecule has 3 nitrogen and oxygen atoms in total. The minimum atomic E-state index is 0. The smallest absolute Gasteiger partial charge is 0.156 e. The molecule has 0 aromatic carbocycles. The summed E-state index contributed by atoms with van der Waals surface area (Å²) in [4.78, 5) is 10.7. The van der Waals surface area contributed by atoms with Gasteiger partial charge in [0.15, 0.2) is 5.78 Å². The van der Waals surface area contributed by atoms with Gasteiger partial charge in [-0.15, -0.1) is 0 Å². The lowest BCUT2D eigenvalue weighted by molar-refractivity contribution is -0.115. The molecule has 0 saturated carbocycles. The van der Waals surface area contributed by atoms with Crippen LogP contribution in [-0.4, -0.2) is 54.4 Å². The topological polar surface area (TPSA) is 57.5 Å². The van der Waals surface area contributed by atoms with Crippen LogP contribution in [0, 0.1) is 16.2 Å². The summed E-state index contributed by atoms with van der Waals surface area (Å²) in [6, 6.07) is 0. The van der Waals surface area contributed by atoms with Crippen LogP contribution in [0.2, 0.25) is 0 Å². The normalized spacial score (nSPS) is 32.9. The largest absolute Gasteiger partial charge is 0.392 e. The summed E-state index contributed by atoms with van der Waals surface area (Å²) < 4.78 is 0. The number of aliphatic hydroxyl groups excluding tert-OH is 2. The van der Waals surface area contributed by atoms with Crippen molar-refractivity contribution in [3.8, 4) is 0 Å². The van der Waals surface area contributed by atoms with E-state index in [0.717, 1.165) is 31.3 Å². The molecule has 6 aliphatic rings. The molecule has 6 rings (SSSR count). The van der Waals surface area contributed by atoms with E-state index in [1.165, 1.54) is 12.0 Å². The van der Waals surface area contributed by atoms with Gasteiger partial charge in [-0.25, -0.2) is 0 Å². The minimum absolute atomic E-state index is 0. The van der Waals surface area contributed by atoms with Crippen molar-refractivity contribution in [3.63, 3.8) is 0 Å². The van der Waals surface area contributed by atoms with Crippen LogP contribution in [0.4, 0.5) is 0 Å². The number of carbonyl (C=O) groups is 1. The first kappa shape index (κ1) is 28.0. The van der Waals surface area contributed by atoms with Crippen molar-refractivity contribution in [2.75, 3.05) is 13.2 Å². The molecule has 161 valence electrons. The molecule has 6 heteroatoms. The summed E-state index contributed by atoms with van der Waals surface area (Å²) in [5.41, 5.74) is 3.11. The van der Waals surface area contributed by atoms with Gasteiger partial charge in [0.2, 0.25) is 0 Å². The van der Waals surface area contributed by atoms with Crippen LogP contribution in [0.25, 0.3) is 0 Å². The number of aliphatic hydroxyl groups is 2. The lowest BCUT2D eigenvalue weighted by atomic mass is 9.74. The zero-order chi connectivity index (χ0) is 20.4. The second kappa shape index (κ2) is 11.2. The van der Waals surface area contributed by atoms with E-state index in [2.05, 4.69) is 54.7 Å². The first-order chi connectivity index (χ1) is 14.0. The third-order valence-electron chi connectivity index (χ3n) is 6.77. The van der Waals surface area contributed by atoms with Crippen molar-refractivity contribution < 1.29 is 15.0 Å². The molecular weight excluding hydrogens is 393 g/mol. The first-order valence-corrected chi connectivity index (χ1v) is 10.6. The highest BCUT2D eigenvalue weighted by molar-refractivity contribution is 5.93. The summed E-state index contributed by atoms with van der Waals surface area (Å²) >= 11 is 0. The second-order valence-corrected chi connectivity index (χ2v) is 9.12. The number of allylic oxidation sites excluding steroid dienone is 11. The Balaban J connectivity index is 0.000000230. The molecule has 6 aliphatic carbocycles. The third kappa shape index (κ3) is 5.85. The molecule has 0 bridgehead atoms. The van der Waals surface area contributed by atoms with Gasteiger partial charge in [0.1, 0.15) is 0 Å². The van der Waals surface area contributed by atoms with Gasteiger partial charge in [-0.05, 0) is 54.7 Å². The molecule has 0 aromatic heterocycles. The van der Waals surface area contributed by atoms with Gasteiger partial charge in [0.05, 0.1) is 13.2 Å². The van der Waals surface area contributed by atoms with E-state index in [-0.39, 0.29) is 55.1 Å². The standard InChI is InChI=1S/C9H12O.C9H10O.C8H8O.3B/c2*10-7-8-2-5-9(6-8)3-1-4-9;9-7-2-5-8(6-7)3-1-4-8;;;/h1-3,10H,4-7H2;1-3,5-6,10H,4,7H2;1-3,5H,4,6H2;;;. The number of hydrogen-bond acceptors (Lipinski definition) is 3. The maximum Gasteiger partial charge on any atom is 0.156 e. The summed E-state index contributed by atoms with van der Waals surface area (Å²) in [7, 11) is 0. The molecular formula is C26H30B3O3. The molecule has 0 amide bonds. The van der Waals surface area contributed by atoms with E-state index >= 15 is 0 Å². The van der Waals surface area contributed by atoms with Crippen LogP contribution in [-0.2, 0) is 4.79 Å². The van der Waals surface area contributed by atoms with E-state index < -0.39 is 0 Å². The zero-order valence-electron chi connectivity index (χ0n) is 18.6. The number of carbonyl (C=O) groups excluding carboxylic acids is 1. The van der Waals surface area contributed by atoms with Crippen LogP contribution >= 0.6 is 0 Å². The van der Waals surface area contributed by atoms with Crippen molar-refractivity contribution in [1.82, 2.24) is 0 Å². The van der Waals surface area contributed by atoms with E-state index in [9.17, 15) is 4.79 Å². The molecule has 2 N–H and O–H groups in total. The highest BCUT2D eigenvalue weighted by Crippen LogP contribution is 2.47. The Kier molecular flexibility index (Phi) is 9.80. The predicted octanol–water partition coefficient (Wildman–Crippen LogP) is 3.39. The Labute approximate surface area is 198 Å². The monoisotopic (exact) mass is 423 g/mol. The van der Waals surface area contributed by atoms with E-state index in [0.29, 0.717) is 11.8 Å². The Bertz CT molecular complexity index is 896. The van der Waals surface area contributed by atoms with Crippen LogP contribution in [0.1, 0.15) is 38.5 Å². The van der Waals surface area contributed by atoms with E-state index in [4.69, 9.17) is 10.2 Å². The summed E-state index contributed by atoms with van der Waals surface area (Å²) in [6.07, 6.45) is 31.6. The zero-order valence-corrected chi connectivity index (χ0v) is 18.6. The molecule has 0 aliphatic heterocycles. The fraction of sp³-hybridized carbons (Fsp3) is 0.423. The lowest BCUT2D eigenvalue weighted by Gasteiger charge is -2.31. The van der Waals surface area contributed by atoms with Crippen molar-refractivity contribution >= 4 is 31.0 Å². The van der Waals surface area contributed by atoms with Crippen LogP contribution in [0.3, 0.4) is 0 Å².